The molecule has 38 heavy (non-hydrogen) atoms. The highest BCUT2D eigenvalue weighted by atomic mass is 32.1. The third kappa shape index (κ3) is 4.73. The van der Waals surface area contributed by atoms with E-state index in [-0.39, 0.29) is 11.3 Å². The number of hydrogen-bond donors (Lipinski definition) is 2. The fourth-order valence-electron chi connectivity index (χ4n) is 5.47. The highest BCUT2D eigenvalue weighted by molar-refractivity contribution is 7.17. The number of rotatable bonds is 6. The number of benzene rings is 2. The van der Waals surface area contributed by atoms with Crippen LogP contribution < -0.4 is 11.1 Å². The molecule has 0 aliphatic heterocycles. The van der Waals surface area contributed by atoms with Gasteiger partial charge in [-0.05, 0) is 79.3 Å². The van der Waals surface area contributed by atoms with Crippen molar-refractivity contribution in [2.45, 2.75) is 60.3 Å². The molecular formula is C32H35N3O2S. The summed E-state index contributed by atoms with van der Waals surface area (Å²) in [7, 11) is 0. The number of aryl methyl sites for hydroxylation is 2. The predicted octanol–water partition coefficient (Wildman–Crippen LogP) is 7.47. The Labute approximate surface area is 228 Å². The number of nitrogens with two attached hydrogens (primary N) is 1. The Morgan fingerprint density at radius 3 is 2.58 bits per heavy atom. The first-order valence-corrected chi connectivity index (χ1v) is 14.1. The smallest absolute Gasteiger partial charge is 0.257 e. The standard InChI is InChI=1S/C32H35N3O2S/c1-6-32(4,5)21-13-14-23-27(16-21)38-31(28(23)29(33)36)35-30(37)24-17-26(20-12-11-18(2)19(3)15-20)34-25-10-8-7-9-22(24)25/h7-12,15,17,21H,6,13-14,16H2,1-5H3,(H2,33,36)(H,35,37). The summed E-state index contributed by atoms with van der Waals surface area (Å²) < 4.78 is 0. The van der Waals surface area contributed by atoms with E-state index >= 15 is 0 Å². The first-order valence-electron chi connectivity index (χ1n) is 13.3. The Morgan fingerprint density at radius 1 is 1.11 bits per heavy atom. The summed E-state index contributed by atoms with van der Waals surface area (Å²) in [5, 5.41) is 4.40. The third-order valence-corrected chi connectivity index (χ3v) is 9.69. The average molecular weight is 526 g/mol. The molecule has 4 aromatic rings. The number of hydrogen-bond acceptors (Lipinski definition) is 4. The van der Waals surface area contributed by atoms with Crippen LogP contribution in [-0.2, 0) is 12.8 Å². The van der Waals surface area contributed by atoms with Gasteiger partial charge in [-0.15, -0.1) is 11.3 Å². The minimum absolute atomic E-state index is 0.221. The molecule has 1 unspecified atom stereocenters. The Kier molecular flexibility index (Phi) is 6.86. The molecule has 1 aliphatic rings. The van der Waals surface area contributed by atoms with E-state index in [1.807, 2.05) is 36.4 Å². The lowest BCUT2D eigenvalue weighted by Gasteiger charge is -2.36. The number of nitrogens with zero attached hydrogens (tertiary/aromatic N) is 1. The van der Waals surface area contributed by atoms with Crippen LogP contribution in [-0.4, -0.2) is 16.8 Å². The number of amides is 2. The van der Waals surface area contributed by atoms with Gasteiger partial charge in [-0.25, -0.2) is 4.98 Å². The molecule has 1 atom stereocenters. The number of aromatic nitrogens is 1. The number of pyridine rings is 1. The van der Waals surface area contributed by atoms with Crippen LogP contribution in [0.25, 0.3) is 22.2 Å². The van der Waals surface area contributed by atoms with E-state index in [0.29, 0.717) is 22.0 Å². The predicted molar refractivity (Wildman–Crippen MR) is 157 cm³/mol. The summed E-state index contributed by atoms with van der Waals surface area (Å²) in [4.78, 5) is 32.4. The molecule has 0 fully saturated rings. The van der Waals surface area contributed by atoms with Crippen LogP contribution in [0.3, 0.4) is 0 Å². The van der Waals surface area contributed by atoms with Crippen LogP contribution in [0.5, 0.6) is 0 Å². The highest BCUT2D eigenvalue weighted by Gasteiger charge is 2.35. The normalized spacial score (nSPS) is 15.3. The number of carbonyl (C=O) groups excluding carboxylic acids is 2. The van der Waals surface area contributed by atoms with Crippen molar-refractivity contribution in [1.29, 1.82) is 0 Å². The van der Waals surface area contributed by atoms with Crippen LogP contribution in [0, 0.1) is 25.2 Å². The molecule has 0 spiro atoms. The van der Waals surface area contributed by atoms with E-state index in [0.717, 1.165) is 53.4 Å². The van der Waals surface area contributed by atoms with Crippen molar-refractivity contribution in [3.63, 3.8) is 0 Å². The molecule has 2 amide bonds. The lowest BCUT2D eigenvalue weighted by molar-refractivity contribution is 0.0999. The number of para-hydroxylation sites is 1. The van der Waals surface area contributed by atoms with Crippen LogP contribution in [0.15, 0.2) is 48.5 Å². The Bertz CT molecular complexity index is 1570. The average Bonchev–Trinajstić information content (AvgIpc) is 3.26. The number of primary amides is 1. The van der Waals surface area contributed by atoms with Crippen molar-refractivity contribution in [2.24, 2.45) is 17.1 Å². The SMILES string of the molecule is CCC(C)(C)C1CCc2c(sc(NC(=O)c3cc(-c4ccc(C)c(C)c4)nc4ccccc34)c2C(N)=O)C1. The van der Waals surface area contributed by atoms with Gasteiger partial charge in [0.05, 0.1) is 22.3 Å². The van der Waals surface area contributed by atoms with E-state index in [1.165, 1.54) is 27.3 Å². The largest absolute Gasteiger partial charge is 0.365 e. The molecule has 2 aromatic heterocycles. The molecule has 2 heterocycles. The van der Waals surface area contributed by atoms with E-state index < -0.39 is 5.91 Å². The summed E-state index contributed by atoms with van der Waals surface area (Å²) in [6.07, 6.45) is 3.84. The minimum Gasteiger partial charge on any atom is -0.365 e. The second-order valence-corrected chi connectivity index (χ2v) is 12.3. The van der Waals surface area contributed by atoms with Crippen molar-refractivity contribution in [2.75, 3.05) is 5.32 Å². The van der Waals surface area contributed by atoms with Crippen LogP contribution in [0.1, 0.15) is 75.9 Å². The lowest BCUT2D eigenvalue weighted by Crippen LogP contribution is -2.29. The van der Waals surface area contributed by atoms with E-state index in [9.17, 15) is 9.59 Å². The van der Waals surface area contributed by atoms with E-state index in [2.05, 4.69) is 52.1 Å². The Morgan fingerprint density at radius 2 is 1.87 bits per heavy atom. The molecule has 6 heteroatoms. The van der Waals surface area contributed by atoms with Gasteiger partial charge < -0.3 is 11.1 Å². The third-order valence-electron chi connectivity index (χ3n) is 8.52. The van der Waals surface area contributed by atoms with Crippen LogP contribution >= 0.6 is 11.3 Å². The minimum atomic E-state index is -0.485. The van der Waals surface area contributed by atoms with Crippen LogP contribution in [0.2, 0.25) is 0 Å². The van der Waals surface area contributed by atoms with Crippen molar-refractivity contribution >= 4 is 39.1 Å². The molecular weight excluding hydrogens is 490 g/mol. The lowest BCUT2D eigenvalue weighted by atomic mass is 9.69. The molecule has 0 bridgehead atoms. The first-order chi connectivity index (χ1) is 18.1. The van der Waals surface area contributed by atoms with Gasteiger partial charge in [-0.1, -0.05) is 57.5 Å². The van der Waals surface area contributed by atoms with E-state index in [1.54, 1.807) is 0 Å². The molecule has 0 saturated heterocycles. The zero-order chi connectivity index (χ0) is 27.2. The summed E-state index contributed by atoms with van der Waals surface area (Å²) in [6, 6.07) is 15.7. The maximum Gasteiger partial charge on any atom is 0.257 e. The first kappa shape index (κ1) is 26.1. The molecule has 5 rings (SSSR count). The zero-order valence-corrected chi connectivity index (χ0v) is 23.6. The second kappa shape index (κ2) is 9.99. The quantitative estimate of drug-likeness (QED) is 0.274. The van der Waals surface area contributed by atoms with Gasteiger partial charge >= 0.3 is 0 Å². The number of carbonyl (C=O) groups is 2. The van der Waals surface area contributed by atoms with Gasteiger partial charge in [0.2, 0.25) is 0 Å². The summed E-state index contributed by atoms with van der Waals surface area (Å²) in [6.45, 7) is 11.0. The Hall–Kier alpha value is -3.51. The van der Waals surface area contributed by atoms with Gasteiger partial charge in [-0.3, -0.25) is 9.59 Å². The highest BCUT2D eigenvalue weighted by Crippen LogP contribution is 2.45. The molecule has 0 saturated carbocycles. The van der Waals surface area contributed by atoms with Crippen molar-refractivity contribution in [1.82, 2.24) is 4.98 Å². The molecule has 5 nitrogen and oxygen atoms in total. The maximum absolute atomic E-state index is 13.8. The van der Waals surface area contributed by atoms with Gasteiger partial charge in [-0.2, -0.15) is 0 Å². The van der Waals surface area contributed by atoms with Gasteiger partial charge in [0, 0.05) is 15.8 Å². The van der Waals surface area contributed by atoms with Crippen molar-refractivity contribution < 1.29 is 9.59 Å². The zero-order valence-electron chi connectivity index (χ0n) is 22.8. The molecule has 1 aliphatic carbocycles. The molecule has 3 N–H and O–H groups in total. The monoisotopic (exact) mass is 525 g/mol. The fraction of sp³-hybridized carbons (Fsp3) is 0.344. The number of anilines is 1. The number of nitrogens with one attached hydrogen (secondary N) is 1. The van der Waals surface area contributed by atoms with Gasteiger partial charge in [0.25, 0.3) is 11.8 Å². The molecule has 0 radical (unpaired) electrons. The summed E-state index contributed by atoms with van der Waals surface area (Å²) >= 11 is 1.50. The fourth-order valence-corrected chi connectivity index (χ4v) is 6.80. The summed E-state index contributed by atoms with van der Waals surface area (Å²) in [5.41, 5.74) is 12.9. The Balaban J connectivity index is 1.54. The maximum atomic E-state index is 13.8. The van der Waals surface area contributed by atoms with E-state index in [4.69, 9.17) is 10.7 Å². The second-order valence-electron chi connectivity index (χ2n) is 11.2. The van der Waals surface area contributed by atoms with Gasteiger partial charge in [0.15, 0.2) is 0 Å². The number of thiophene rings is 1. The van der Waals surface area contributed by atoms with Crippen molar-refractivity contribution in [3.05, 3.63) is 81.2 Å². The summed E-state index contributed by atoms with van der Waals surface area (Å²) in [5.74, 6) is -0.214. The topological polar surface area (TPSA) is 85.1 Å². The van der Waals surface area contributed by atoms with Crippen molar-refractivity contribution in [3.8, 4) is 11.3 Å². The van der Waals surface area contributed by atoms with Crippen LogP contribution in [0.4, 0.5) is 5.00 Å². The number of fused-ring (bicyclic) bond motifs is 2. The molecule has 196 valence electrons. The van der Waals surface area contributed by atoms with Gasteiger partial charge in [0.1, 0.15) is 5.00 Å². The molecule has 2 aromatic carbocycles.